The second-order valence-corrected chi connectivity index (χ2v) is 7.09. The number of aromatic nitrogens is 1. The zero-order chi connectivity index (χ0) is 14.6. The summed E-state index contributed by atoms with van der Waals surface area (Å²) in [4.78, 5) is 30.1. The highest BCUT2D eigenvalue weighted by molar-refractivity contribution is 7.14. The van der Waals surface area contributed by atoms with Crippen LogP contribution >= 0.6 is 11.3 Å². The predicted octanol–water partition coefficient (Wildman–Crippen LogP) is 0.941. The molecule has 2 amide bonds. The first kappa shape index (κ1) is 13.2. The zero-order valence-electron chi connectivity index (χ0n) is 11.5. The number of carbonyl (C=O) groups excluding carboxylic acids is 2. The van der Waals surface area contributed by atoms with Gasteiger partial charge in [0.05, 0.1) is 17.8 Å². The van der Waals surface area contributed by atoms with Crippen molar-refractivity contribution in [2.45, 2.75) is 43.7 Å². The first-order chi connectivity index (χ1) is 10.1. The Kier molecular flexibility index (Phi) is 3.00. The minimum absolute atomic E-state index is 0.188. The summed E-state index contributed by atoms with van der Waals surface area (Å²) in [5.41, 5.74) is 1.01. The highest BCUT2D eigenvalue weighted by atomic mass is 32.1. The van der Waals surface area contributed by atoms with Gasteiger partial charge in [-0.05, 0) is 31.6 Å². The number of nitrogens with one attached hydrogen (secondary N) is 1. The Morgan fingerprint density at radius 2 is 2.19 bits per heavy atom. The number of likely N-dealkylation sites (tertiary alicyclic amines) is 1. The molecule has 2 aliphatic carbocycles. The molecule has 3 atom stereocenters. The summed E-state index contributed by atoms with van der Waals surface area (Å²) < 4.78 is 0. The third kappa shape index (κ3) is 2.34. The van der Waals surface area contributed by atoms with E-state index in [9.17, 15) is 14.7 Å². The number of aliphatic hydroxyl groups is 1. The number of piperidine rings is 1. The molecule has 3 aliphatic rings. The molecule has 21 heavy (non-hydrogen) atoms. The number of hydrogen-bond acceptors (Lipinski definition) is 5. The smallest absolute Gasteiger partial charge is 0.315 e. The summed E-state index contributed by atoms with van der Waals surface area (Å²) in [5, 5.41) is 14.9. The van der Waals surface area contributed by atoms with Gasteiger partial charge in [0.25, 0.3) is 0 Å². The zero-order valence-corrected chi connectivity index (χ0v) is 12.3. The second kappa shape index (κ2) is 4.78. The van der Waals surface area contributed by atoms with Crippen LogP contribution in [0, 0.1) is 5.92 Å². The van der Waals surface area contributed by atoms with E-state index in [1.807, 2.05) is 5.38 Å². The van der Waals surface area contributed by atoms with E-state index in [0.29, 0.717) is 23.5 Å². The van der Waals surface area contributed by atoms with Gasteiger partial charge in [0.2, 0.25) is 0 Å². The van der Waals surface area contributed by atoms with Crippen LogP contribution in [0.3, 0.4) is 0 Å². The van der Waals surface area contributed by atoms with Crippen LogP contribution in [-0.4, -0.2) is 45.5 Å². The van der Waals surface area contributed by atoms with Crippen molar-refractivity contribution in [3.8, 4) is 0 Å². The maximum Gasteiger partial charge on any atom is 0.315 e. The Morgan fingerprint density at radius 1 is 1.38 bits per heavy atom. The van der Waals surface area contributed by atoms with Gasteiger partial charge in [-0.3, -0.25) is 14.9 Å². The number of carbonyl (C=O) groups is 2. The first-order valence-electron chi connectivity index (χ1n) is 7.37. The van der Waals surface area contributed by atoms with E-state index in [2.05, 4.69) is 10.3 Å². The van der Waals surface area contributed by atoms with Gasteiger partial charge < -0.3 is 10.0 Å². The number of aliphatic hydroxyl groups excluding tert-OH is 1. The Hall–Kier alpha value is -1.47. The molecule has 1 aliphatic heterocycles. The van der Waals surface area contributed by atoms with Crippen LogP contribution in [0.15, 0.2) is 5.38 Å². The van der Waals surface area contributed by atoms with Crippen molar-refractivity contribution in [2.75, 3.05) is 11.9 Å². The van der Waals surface area contributed by atoms with Crippen molar-refractivity contribution in [3.05, 3.63) is 11.1 Å². The summed E-state index contributed by atoms with van der Waals surface area (Å²) in [6, 6.07) is -0.188. The molecule has 6 nitrogen and oxygen atoms in total. The lowest BCUT2D eigenvalue weighted by Crippen LogP contribution is -2.48. The molecule has 0 spiro atoms. The van der Waals surface area contributed by atoms with Crippen molar-refractivity contribution in [1.29, 1.82) is 0 Å². The fourth-order valence-corrected chi connectivity index (χ4v) is 4.20. The number of anilines is 1. The van der Waals surface area contributed by atoms with Gasteiger partial charge in [0.1, 0.15) is 0 Å². The Morgan fingerprint density at radius 3 is 2.86 bits per heavy atom. The maximum absolute atomic E-state index is 12.2. The maximum atomic E-state index is 12.2. The molecule has 1 aromatic heterocycles. The highest BCUT2D eigenvalue weighted by Gasteiger charge is 2.47. The molecule has 2 bridgehead atoms. The number of hydrogen-bond donors (Lipinski definition) is 2. The molecule has 112 valence electrons. The van der Waals surface area contributed by atoms with E-state index in [1.54, 1.807) is 0 Å². The lowest BCUT2D eigenvalue weighted by atomic mass is 10.1. The Bertz CT molecular complexity index is 598. The molecule has 0 unspecified atom stereocenters. The van der Waals surface area contributed by atoms with Crippen molar-refractivity contribution in [1.82, 2.24) is 9.88 Å². The van der Waals surface area contributed by atoms with Gasteiger partial charge in [0, 0.05) is 17.8 Å². The monoisotopic (exact) mass is 307 g/mol. The summed E-state index contributed by atoms with van der Waals surface area (Å²) in [6.45, 7) is 0.583. The highest BCUT2D eigenvalue weighted by Crippen LogP contribution is 2.41. The molecule has 1 saturated heterocycles. The van der Waals surface area contributed by atoms with Gasteiger partial charge in [-0.15, -0.1) is 11.3 Å². The first-order valence-corrected chi connectivity index (χ1v) is 8.25. The number of fused-ring (bicyclic) bond motifs is 2. The number of rotatable bonds is 2. The summed E-state index contributed by atoms with van der Waals surface area (Å²) >= 11 is 1.36. The third-order valence-corrected chi connectivity index (χ3v) is 5.42. The Balaban J connectivity index is 1.41. The molecule has 7 heteroatoms. The molecular formula is C14H17N3O3S. The van der Waals surface area contributed by atoms with Gasteiger partial charge >= 0.3 is 11.8 Å². The molecule has 3 fully saturated rings. The van der Waals surface area contributed by atoms with E-state index in [-0.39, 0.29) is 6.04 Å². The average molecular weight is 307 g/mol. The largest absolute Gasteiger partial charge is 0.391 e. The Labute approximate surface area is 126 Å². The molecule has 2 saturated carbocycles. The van der Waals surface area contributed by atoms with Crippen LogP contribution in [0.25, 0.3) is 0 Å². The SMILES string of the molecule is O=C(Nc1nc(C2CC2)cs1)C(=O)N1C[C@@H]2C[C@@H](O)[C@H]1C2. The fraction of sp³-hybridized carbons (Fsp3) is 0.643. The van der Waals surface area contributed by atoms with E-state index >= 15 is 0 Å². The summed E-state index contributed by atoms with van der Waals surface area (Å²) in [6.07, 6.45) is 3.38. The van der Waals surface area contributed by atoms with Crippen LogP contribution in [0.4, 0.5) is 5.13 Å². The van der Waals surface area contributed by atoms with Gasteiger partial charge in [0.15, 0.2) is 5.13 Å². The number of nitrogens with zero attached hydrogens (tertiary/aromatic N) is 2. The molecule has 1 aromatic rings. The summed E-state index contributed by atoms with van der Waals surface area (Å²) in [7, 11) is 0. The van der Waals surface area contributed by atoms with Crippen molar-refractivity contribution >= 4 is 28.3 Å². The normalized spacial score (nSPS) is 30.7. The van der Waals surface area contributed by atoms with E-state index in [0.717, 1.165) is 31.4 Å². The molecule has 0 radical (unpaired) electrons. The summed E-state index contributed by atoms with van der Waals surface area (Å²) in [5.74, 6) is -0.328. The second-order valence-electron chi connectivity index (χ2n) is 6.24. The standard InChI is InChI=1S/C14H17N3O3S/c18-11-4-7-3-10(11)17(5-7)13(20)12(19)16-14-15-9(6-21-14)8-1-2-8/h6-8,10-11,18H,1-5H2,(H,15,16,19)/t7-,10+,11+/m0/s1. The molecule has 0 aromatic carbocycles. The van der Waals surface area contributed by atoms with Crippen LogP contribution in [0.1, 0.15) is 37.3 Å². The van der Waals surface area contributed by atoms with E-state index < -0.39 is 17.9 Å². The fourth-order valence-electron chi connectivity index (χ4n) is 3.42. The minimum Gasteiger partial charge on any atom is -0.391 e. The molecular weight excluding hydrogens is 290 g/mol. The van der Waals surface area contributed by atoms with Crippen molar-refractivity contribution < 1.29 is 14.7 Å². The molecule has 4 rings (SSSR count). The van der Waals surface area contributed by atoms with Crippen LogP contribution in [0.5, 0.6) is 0 Å². The number of thiazole rings is 1. The van der Waals surface area contributed by atoms with E-state index in [1.165, 1.54) is 16.2 Å². The predicted molar refractivity (Wildman–Crippen MR) is 77.0 cm³/mol. The average Bonchev–Trinajstić information content (AvgIpc) is 2.91. The topological polar surface area (TPSA) is 82.5 Å². The lowest BCUT2D eigenvalue weighted by Gasteiger charge is -2.29. The van der Waals surface area contributed by atoms with Gasteiger partial charge in [-0.2, -0.15) is 0 Å². The van der Waals surface area contributed by atoms with Crippen LogP contribution in [-0.2, 0) is 9.59 Å². The molecule has 2 heterocycles. The van der Waals surface area contributed by atoms with E-state index in [4.69, 9.17) is 0 Å². The van der Waals surface area contributed by atoms with Crippen molar-refractivity contribution in [3.63, 3.8) is 0 Å². The van der Waals surface area contributed by atoms with Gasteiger partial charge in [-0.25, -0.2) is 4.98 Å². The molecule has 2 N–H and O–H groups in total. The van der Waals surface area contributed by atoms with Crippen LogP contribution in [0.2, 0.25) is 0 Å². The minimum atomic E-state index is -0.647. The quantitative estimate of drug-likeness (QED) is 0.797. The van der Waals surface area contributed by atoms with Crippen LogP contribution < -0.4 is 5.32 Å². The van der Waals surface area contributed by atoms with Gasteiger partial charge in [-0.1, -0.05) is 0 Å². The third-order valence-electron chi connectivity index (χ3n) is 4.64. The number of amides is 2. The van der Waals surface area contributed by atoms with Crippen molar-refractivity contribution in [2.24, 2.45) is 5.92 Å². The lowest BCUT2D eigenvalue weighted by molar-refractivity contribution is -0.145.